The molecule has 1 aromatic heterocycles. The van der Waals surface area contributed by atoms with Crippen LogP contribution in [0.2, 0.25) is 5.02 Å². The molecule has 0 amide bonds. The first-order valence-electron chi connectivity index (χ1n) is 8.15. The van der Waals surface area contributed by atoms with Gasteiger partial charge in [-0.05, 0) is 43.5 Å². The van der Waals surface area contributed by atoms with Gasteiger partial charge in [-0.1, -0.05) is 11.6 Å². The Labute approximate surface area is 151 Å². The standard InChI is InChI=1S/C19H19ClFN3O/c1-25-18-4-7-23-12-14(18)11-19(13-22)5-8-24(9-6-19)15-2-3-17(21)16(20)10-15/h2-4,7,10,12H,5-6,8-9,11H2,1H3. The van der Waals surface area contributed by atoms with E-state index in [-0.39, 0.29) is 5.02 Å². The molecule has 2 aromatic rings. The van der Waals surface area contributed by atoms with Crippen molar-refractivity contribution in [2.45, 2.75) is 19.3 Å². The van der Waals surface area contributed by atoms with E-state index in [0.29, 0.717) is 6.42 Å². The van der Waals surface area contributed by atoms with Gasteiger partial charge >= 0.3 is 0 Å². The highest BCUT2D eigenvalue weighted by Gasteiger charge is 2.36. The predicted octanol–water partition coefficient (Wildman–Crippen LogP) is 4.24. The second-order valence-corrected chi connectivity index (χ2v) is 6.75. The topological polar surface area (TPSA) is 49.1 Å². The molecule has 0 N–H and O–H groups in total. The molecule has 1 aliphatic heterocycles. The Bertz CT molecular complexity index is 797. The lowest BCUT2D eigenvalue weighted by Gasteiger charge is -2.38. The van der Waals surface area contributed by atoms with E-state index in [9.17, 15) is 9.65 Å². The van der Waals surface area contributed by atoms with Crippen molar-refractivity contribution in [3.05, 3.63) is 53.1 Å². The Morgan fingerprint density at radius 3 is 2.76 bits per heavy atom. The normalized spacial score (nSPS) is 16.3. The number of pyridine rings is 1. The van der Waals surface area contributed by atoms with Crippen molar-refractivity contribution in [3.63, 3.8) is 0 Å². The van der Waals surface area contributed by atoms with E-state index in [1.165, 1.54) is 6.07 Å². The number of benzene rings is 1. The van der Waals surface area contributed by atoms with Crippen LogP contribution in [-0.2, 0) is 6.42 Å². The van der Waals surface area contributed by atoms with Gasteiger partial charge in [-0.2, -0.15) is 5.26 Å². The molecule has 0 bridgehead atoms. The molecule has 0 radical (unpaired) electrons. The average molecular weight is 360 g/mol. The van der Waals surface area contributed by atoms with Gasteiger partial charge in [-0.25, -0.2) is 4.39 Å². The number of anilines is 1. The number of nitrogens with zero attached hydrogens (tertiary/aromatic N) is 3. The Hall–Kier alpha value is -2.32. The van der Waals surface area contributed by atoms with E-state index in [1.54, 1.807) is 31.6 Å². The lowest BCUT2D eigenvalue weighted by molar-refractivity contribution is 0.297. The van der Waals surface area contributed by atoms with E-state index in [1.807, 2.05) is 6.07 Å². The van der Waals surface area contributed by atoms with Gasteiger partial charge in [0.25, 0.3) is 0 Å². The van der Waals surface area contributed by atoms with Crippen LogP contribution >= 0.6 is 11.6 Å². The molecule has 2 heterocycles. The highest BCUT2D eigenvalue weighted by atomic mass is 35.5. The van der Waals surface area contributed by atoms with Crippen molar-refractivity contribution in [2.24, 2.45) is 5.41 Å². The second-order valence-electron chi connectivity index (χ2n) is 6.34. The van der Waals surface area contributed by atoms with E-state index in [4.69, 9.17) is 16.3 Å². The minimum absolute atomic E-state index is 0.120. The summed E-state index contributed by atoms with van der Waals surface area (Å²) in [5.41, 5.74) is 1.39. The number of hydrogen-bond acceptors (Lipinski definition) is 4. The Morgan fingerprint density at radius 2 is 2.12 bits per heavy atom. The predicted molar refractivity (Wildman–Crippen MR) is 95.4 cm³/mol. The van der Waals surface area contributed by atoms with Crippen LogP contribution in [0.3, 0.4) is 0 Å². The van der Waals surface area contributed by atoms with Gasteiger partial charge in [0.15, 0.2) is 0 Å². The van der Waals surface area contributed by atoms with E-state index in [2.05, 4.69) is 16.0 Å². The average Bonchev–Trinajstić information content (AvgIpc) is 2.65. The monoisotopic (exact) mass is 359 g/mol. The number of hydrogen-bond donors (Lipinski definition) is 0. The molecule has 0 aliphatic carbocycles. The van der Waals surface area contributed by atoms with Gasteiger partial charge in [0.1, 0.15) is 11.6 Å². The number of halogens is 2. The van der Waals surface area contributed by atoms with Crippen LogP contribution in [0.25, 0.3) is 0 Å². The zero-order valence-electron chi connectivity index (χ0n) is 14.0. The number of ether oxygens (including phenoxy) is 1. The van der Waals surface area contributed by atoms with Crippen LogP contribution in [0.4, 0.5) is 10.1 Å². The van der Waals surface area contributed by atoms with Gasteiger partial charge in [0.05, 0.1) is 23.6 Å². The van der Waals surface area contributed by atoms with E-state index < -0.39 is 11.2 Å². The molecule has 25 heavy (non-hydrogen) atoms. The maximum absolute atomic E-state index is 13.3. The van der Waals surface area contributed by atoms with Crippen LogP contribution in [0.1, 0.15) is 18.4 Å². The summed E-state index contributed by atoms with van der Waals surface area (Å²) in [6.07, 6.45) is 5.50. The highest BCUT2D eigenvalue weighted by Crippen LogP contribution is 2.38. The highest BCUT2D eigenvalue weighted by molar-refractivity contribution is 6.31. The molecule has 0 atom stereocenters. The van der Waals surface area contributed by atoms with Gasteiger partial charge in [-0.15, -0.1) is 0 Å². The van der Waals surface area contributed by atoms with Crippen LogP contribution in [0.15, 0.2) is 36.7 Å². The first-order chi connectivity index (χ1) is 12.1. The first-order valence-corrected chi connectivity index (χ1v) is 8.53. The zero-order chi connectivity index (χ0) is 17.9. The fraction of sp³-hybridized carbons (Fsp3) is 0.368. The molecular weight excluding hydrogens is 341 g/mol. The van der Waals surface area contributed by atoms with Crippen LogP contribution in [0.5, 0.6) is 5.75 Å². The van der Waals surface area contributed by atoms with Crippen molar-refractivity contribution >= 4 is 17.3 Å². The van der Waals surface area contributed by atoms with Gasteiger partial charge in [0.2, 0.25) is 0 Å². The molecule has 3 rings (SSSR count). The lowest BCUT2D eigenvalue weighted by atomic mass is 9.75. The molecule has 1 saturated heterocycles. The lowest BCUT2D eigenvalue weighted by Crippen LogP contribution is -2.40. The third-order valence-electron chi connectivity index (χ3n) is 4.83. The summed E-state index contributed by atoms with van der Waals surface area (Å²) in [4.78, 5) is 6.29. The number of nitriles is 1. The maximum Gasteiger partial charge on any atom is 0.141 e. The molecule has 1 fully saturated rings. The van der Waals surface area contributed by atoms with E-state index >= 15 is 0 Å². The van der Waals surface area contributed by atoms with Crippen LogP contribution in [-0.4, -0.2) is 25.2 Å². The minimum atomic E-state index is -0.448. The maximum atomic E-state index is 13.3. The second kappa shape index (κ2) is 7.28. The first kappa shape index (κ1) is 17.5. The van der Waals surface area contributed by atoms with Crippen molar-refractivity contribution in [2.75, 3.05) is 25.1 Å². The quantitative estimate of drug-likeness (QED) is 0.819. The van der Waals surface area contributed by atoms with Crippen LogP contribution < -0.4 is 9.64 Å². The molecule has 1 aromatic carbocycles. The molecule has 0 saturated carbocycles. The van der Waals surface area contributed by atoms with Crippen molar-refractivity contribution in [3.8, 4) is 11.8 Å². The number of methoxy groups -OCH3 is 1. The summed E-state index contributed by atoms with van der Waals surface area (Å²) in [5.74, 6) is 0.342. The molecule has 0 unspecified atom stereocenters. The molecule has 0 spiro atoms. The minimum Gasteiger partial charge on any atom is -0.496 e. The summed E-state index contributed by atoms with van der Waals surface area (Å²) in [6.45, 7) is 1.44. The number of rotatable bonds is 4. The largest absolute Gasteiger partial charge is 0.496 e. The Balaban J connectivity index is 1.74. The summed E-state index contributed by atoms with van der Waals surface area (Å²) in [7, 11) is 1.62. The fourth-order valence-corrected chi connectivity index (χ4v) is 3.49. The summed E-state index contributed by atoms with van der Waals surface area (Å²) >= 11 is 5.88. The number of piperidine rings is 1. The van der Waals surface area contributed by atoms with Gasteiger partial charge < -0.3 is 9.64 Å². The molecule has 4 nitrogen and oxygen atoms in total. The van der Waals surface area contributed by atoms with Crippen LogP contribution in [0, 0.1) is 22.6 Å². The SMILES string of the molecule is COc1ccncc1CC1(C#N)CCN(c2ccc(F)c(Cl)c2)CC1. The smallest absolute Gasteiger partial charge is 0.141 e. The third kappa shape index (κ3) is 3.69. The Kier molecular flexibility index (Phi) is 5.10. The molecule has 1 aliphatic rings. The summed E-state index contributed by atoms with van der Waals surface area (Å²) < 4.78 is 18.7. The number of aromatic nitrogens is 1. The zero-order valence-corrected chi connectivity index (χ0v) is 14.8. The fourth-order valence-electron chi connectivity index (χ4n) is 3.31. The molecule has 130 valence electrons. The summed E-state index contributed by atoms with van der Waals surface area (Å²) in [6, 6.07) is 9.07. The van der Waals surface area contributed by atoms with Gasteiger partial charge in [0, 0.05) is 36.7 Å². The molecular formula is C19H19ClFN3O. The van der Waals surface area contributed by atoms with Crippen molar-refractivity contribution in [1.29, 1.82) is 5.26 Å². The third-order valence-corrected chi connectivity index (χ3v) is 5.12. The molecule has 6 heteroatoms. The Morgan fingerprint density at radius 1 is 1.36 bits per heavy atom. The van der Waals surface area contributed by atoms with Crippen molar-refractivity contribution in [1.82, 2.24) is 4.98 Å². The van der Waals surface area contributed by atoms with E-state index in [0.717, 1.165) is 42.9 Å². The van der Waals surface area contributed by atoms with Crippen molar-refractivity contribution < 1.29 is 9.13 Å². The van der Waals surface area contributed by atoms with Gasteiger partial charge in [-0.3, -0.25) is 4.98 Å². The summed E-state index contributed by atoms with van der Waals surface area (Å²) in [5, 5.41) is 9.92.